The van der Waals surface area contributed by atoms with E-state index in [0.29, 0.717) is 5.56 Å². The second-order valence-corrected chi connectivity index (χ2v) is 7.67. The van der Waals surface area contributed by atoms with Gasteiger partial charge in [0.1, 0.15) is 0 Å². The number of esters is 1. The summed E-state index contributed by atoms with van der Waals surface area (Å²) in [6.07, 6.45) is 2.96. The van der Waals surface area contributed by atoms with Crippen molar-refractivity contribution < 1.29 is 14.3 Å². The third-order valence-electron chi connectivity index (χ3n) is 5.40. The second kappa shape index (κ2) is 8.53. The van der Waals surface area contributed by atoms with Crippen LogP contribution in [0.4, 0.5) is 0 Å². The first-order chi connectivity index (χ1) is 14.5. The number of aromatic nitrogens is 2. The SMILES string of the molecule is Cc1cc(C)n(-c2ccc(C(=O)OCC(=O)NC3CCCc4ccccc43)cc2)n1. The molecule has 0 saturated heterocycles. The van der Waals surface area contributed by atoms with Crippen LogP contribution in [0.5, 0.6) is 0 Å². The number of hydrogen-bond acceptors (Lipinski definition) is 4. The van der Waals surface area contributed by atoms with Gasteiger partial charge in [0.15, 0.2) is 6.61 Å². The van der Waals surface area contributed by atoms with Crippen LogP contribution in [-0.2, 0) is 16.0 Å². The molecule has 6 heteroatoms. The van der Waals surface area contributed by atoms with Crippen molar-refractivity contribution in [2.45, 2.75) is 39.2 Å². The first kappa shape index (κ1) is 19.9. The molecule has 4 rings (SSSR count). The van der Waals surface area contributed by atoms with Crippen molar-refractivity contribution in [1.29, 1.82) is 0 Å². The highest BCUT2D eigenvalue weighted by Gasteiger charge is 2.22. The Morgan fingerprint density at radius 2 is 1.90 bits per heavy atom. The van der Waals surface area contributed by atoms with Crippen LogP contribution in [0.15, 0.2) is 54.6 Å². The molecule has 1 atom stereocenters. The van der Waals surface area contributed by atoms with E-state index in [4.69, 9.17) is 4.74 Å². The zero-order valence-electron chi connectivity index (χ0n) is 17.2. The zero-order valence-corrected chi connectivity index (χ0v) is 17.2. The summed E-state index contributed by atoms with van der Waals surface area (Å²) in [5.41, 5.74) is 5.64. The molecule has 3 aromatic rings. The maximum Gasteiger partial charge on any atom is 0.338 e. The summed E-state index contributed by atoms with van der Waals surface area (Å²) in [7, 11) is 0. The van der Waals surface area contributed by atoms with Crippen LogP contribution in [0.3, 0.4) is 0 Å². The van der Waals surface area contributed by atoms with Gasteiger partial charge < -0.3 is 10.1 Å². The van der Waals surface area contributed by atoms with Gasteiger partial charge in [0.05, 0.1) is 23.0 Å². The van der Waals surface area contributed by atoms with E-state index in [1.54, 1.807) is 12.1 Å². The van der Waals surface area contributed by atoms with Gasteiger partial charge >= 0.3 is 5.97 Å². The third-order valence-corrected chi connectivity index (χ3v) is 5.40. The summed E-state index contributed by atoms with van der Waals surface area (Å²) < 4.78 is 7.04. The number of nitrogens with one attached hydrogen (secondary N) is 1. The zero-order chi connectivity index (χ0) is 21.1. The smallest absolute Gasteiger partial charge is 0.338 e. The summed E-state index contributed by atoms with van der Waals surface area (Å²) in [5.74, 6) is -0.807. The molecular weight excluding hydrogens is 378 g/mol. The lowest BCUT2D eigenvalue weighted by Crippen LogP contribution is -2.34. The van der Waals surface area contributed by atoms with Gasteiger partial charge in [-0.2, -0.15) is 5.10 Å². The summed E-state index contributed by atoms with van der Waals surface area (Å²) in [5, 5.41) is 7.43. The van der Waals surface area contributed by atoms with Gasteiger partial charge in [-0.15, -0.1) is 0 Å². The Kier molecular flexibility index (Phi) is 5.65. The quantitative estimate of drug-likeness (QED) is 0.657. The van der Waals surface area contributed by atoms with Crippen molar-refractivity contribution in [3.8, 4) is 5.69 Å². The lowest BCUT2D eigenvalue weighted by atomic mass is 9.88. The third kappa shape index (κ3) is 4.27. The Morgan fingerprint density at radius 1 is 1.13 bits per heavy atom. The van der Waals surface area contributed by atoms with Crippen molar-refractivity contribution in [2.75, 3.05) is 6.61 Å². The lowest BCUT2D eigenvalue weighted by molar-refractivity contribution is -0.125. The fourth-order valence-electron chi connectivity index (χ4n) is 3.98. The Hall–Kier alpha value is -3.41. The predicted octanol–water partition coefficient (Wildman–Crippen LogP) is 3.84. The highest BCUT2D eigenvalue weighted by atomic mass is 16.5. The predicted molar refractivity (Wildman–Crippen MR) is 114 cm³/mol. The van der Waals surface area contributed by atoms with E-state index in [2.05, 4.69) is 22.5 Å². The van der Waals surface area contributed by atoms with E-state index in [-0.39, 0.29) is 18.6 Å². The normalized spacial score (nSPS) is 15.3. The number of carbonyl (C=O) groups excluding carboxylic acids is 2. The fourth-order valence-corrected chi connectivity index (χ4v) is 3.98. The second-order valence-electron chi connectivity index (χ2n) is 7.67. The number of fused-ring (bicyclic) bond motifs is 1. The standard InChI is InChI=1S/C24H25N3O3/c1-16-14-17(2)27(26-16)20-12-10-19(11-13-20)24(29)30-15-23(28)25-22-9-5-7-18-6-3-4-8-21(18)22/h3-4,6,8,10-14,22H,5,7,9,15H2,1-2H3,(H,25,28). The van der Waals surface area contributed by atoms with E-state index in [1.807, 2.05) is 48.9 Å². The Bertz CT molecular complexity index is 1070. The molecular formula is C24H25N3O3. The maximum atomic E-state index is 12.3. The summed E-state index contributed by atoms with van der Waals surface area (Å²) in [6, 6.07) is 17.1. The van der Waals surface area contributed by atoms with Crippen LogP contribution in [-0.4, -0.2) is 28.3 Å². The van der Waals surface area contributed by atoms with Crippen molar-refractivity contribution >= 4 is 11.9 Å². The summed E-state index contributed by atoms with van der Waals surface area (Å²) in [6.45, 7) is 3.62. The number of carbonyl (C=O) groups is 2. The van der Waals surface area contributed by atoms with Gasteiger partial charge in [-0.25, -0.2) is 9.48 Å². The van der Waals surface area contributed by atoms with Crippen LogP contribution in [0, 0.1) is 13.8 Å². The molecule has 154 valence electrons. The molecule has 0 aliphatic heterocycles. The fraction of sp³-hybridized carbons (Fsp3) is 0.292. The Morgan fingerprint density at radius 3 is 2.63 bits per heavy atom. The van der Waals surface area contributed by atoms with Crippen molar-refractivity contribution in [2.24, 2.45) is 0 Å². The molecule has 30 heavy (non-hydrogen) atoms. The Balaban J connectivity index is 1.33. The molecule has 1 unspecified atom stereocenters. The number of nitrogens with zero attached hydrogens (tertiary/aromatic N) is 2. The number of rotatable bonds is 5. The van der Waals surface area contributed by atoms with Gasteiger partial charge in [0.2, 0.25) is 0 Å². The average Bonchev–Trinajstić information content (AvgIpc) is 3.10. The molecule has 0 spiro atoms. The Labute approximate surface area is 175 Å². The van der Waals surface area contributed by atoms with Crippen molar-refractivity contribution in [3.05, 3.63) is 82.7 Å². The monoisotopic (exact) mass is 403 g/mol. The molecule has 1 aliphatic rings. The summed E-state index contributed by atoms with van der Waals surface area (Å²) >= 11 is 0. The number of benzene rings is 2. The number of amides is 1. The lowest BCUT2D eigenvalue weighted by Gasteiger charge is -2.26. The largest absolute Gasteiger partial charge is 0.452 e. The van der Waals surface area contributed by atoms with Gasteiger partial charge in [0, 0.05) is 5.69 Å². The van der Waals surface area contributed by atoms with Gasteiger partial charge in [0.25, 0.3) is 5.91 Å². The molecule has 0 saturated carbocycles. The molecule has 2 aromatic carbocycles. The molecule has 0 radical (unpaired) electrons. The molecule has 1 N–H and O–H groups in total. The van der Waals surface area contributed by atoms with Gasteiger partial charge in [-0.3, -0.25) is 4.79 Å². The molecule has 1 aliphatic carbocycles. The first-order valence-corrected chi connectivity index (χ1v) is 10.2. The molecule has 1 heterocycles. The number of ether oxygens (including phenoxy) is 1. The molecule has 0 bridgehead atoms. The van der Waals surface area contributed by atoms with E-state index < -0.39 is 5.97 Å². The average molecular weight is 403 g/mol. The first-order valence-electron chi connectivity index (χ1n) is 10.2. The number of hydrogen-bond donors (Lipinski definition) is 1. The van der Waals surface area contributed by atoms with Crippen molar-refractivity contribution in [1.82, 2.24) is 15.1 Å². The van der Waals surface area contributed by atoms with Crippen LogP contribution in [0.1, 0.15) is 51.8 Å². The highest BCUT2D eigenvalue weighted by molar-refractivity contribution is 5.91. The van der Waals surface area contributed by atoms with E-state index in [1.165, 1.54) is 5.56 Å². The maximum absolute atomic E-state index is 12.3. The highest BCUT2D eigenvalue weighted by Crippen LogP contribution is 2.29. The van der Waals surface area contributed by atoms with Crippen LogP contribution >= 0.6 is 0 Å². The van der Waals surface area contributed by atoms with Gasteiger partial charge in [-0.05, 0) is 74.6 Å². The van der Waals surface area contributed by atoms with E-state index in [0.717, 1.165) is 41.9 Å². The molecule has 1 amide bonds. The molecule has 6 nitrogen and oxygen atoms in total. The van der Waals surface area contributed by atoms with E-state index >= 15 is 0 Å². The minimum absolute atomic E-state index is 0.0267. The minimum Gasteiger partial charge on any atom is -0.452 e. The minimum atomic E-state index is -0.519. The van der Waals surface area contributed by atoms with Crippen LogP contribution in [0.25, 0.3) is 5.69 Å². The van der Waals surface area contributed by atoms with Crippen LogP contribution in [0.2, 0.25) is 0 Å². The van der Waals surface area contributed by atoms with Gasteiger partial charge in [-0.1, -0.05) is 24.3 Å². The van der Waals surface area contributed by atoms with Crippen LogP contribution < -0.4 is 5.32 Å². The number of aryl methyl sites for hydroxylation is 3. The van der Waals surface area contributed by atoms with Crippen molar-refractivity contribution in [3.63, 3.8) is 0 Å². The molecule has 0 fully saturated rings. The summed E-state index contributed by atoms with van der Waals surface area (Å²) in [4.78, 5) is 24.7. The topological polar surface area (TPSA) is 73.2 Å². The van der Waals surface area contributed by atoms with E-state index in [9.17, 15) is 9.59 Å². The molecule has 1 aromatic heterocycles.